The third kappa shape index (κ3) is 3.44. The van der Waals surface area contributed by atoms with Gasteiger partial charge in [0.2, 0.25) is 0 Å². The number of nitrogens with zero attached hydrogens (tertiary/aromatic N) is 1. The van der Waals surface area contributed by atoms with Gasteiger partial charge in [-0.15, -0.1) is 0 Å². The molecular formula is C21H23N3O2. The van der Waals surface area contributed by atoms with Crippen molar-refractivity contribution in [2.45, 2.75) is 18.9 Å². The third-order valence-electron chi connectivity index (χ3n) is 4.98. The summed E-state index contributed by atoms with van der Waals surface area (Å²) in [6.45, 7) is 1.96. The van der Waals surface area contributed by atoms with Crippen LogP contribution in [-0.4, -0.2) is 37.2 Å². The van der Waals surface area contributed by atoms with E-state index in [9.17, 15) is 4.79 Å². The minimum Gasteiger partial charge on any atom is -0.380 e. The molecule has 3 aromatic rings. The van der Waals surface area contributed by atoms with E-state index in [-0.39, 0.29) is 5.91 Å². The number of nitrogens with one attached hydrogen (secondary N) is 2. The molecule has 2 N–H and O–H groups in total. The molecule has 1 aliphatic rings. The average Bonchev–Trinajstić information content (AvgIpc) is 3.13. The predicted molar refractivity (Wildman–Crippen MR) is 105 cm³/mol. The molecule has 26 heavy (non-hydrogen) atoms. The van der Waals surface area contributed by atoms with E-state index in [1.54, 1.807) is 7.11 Å². The van der Waals surface area contributed by atoms with Gasteiger partial charge in [0.05, 0.1) is 6.10 Å². The molecule has 1 fully saturated rings. The van der Waals surface area contributed by atoms with E-state index in [4.69, 9.17) is 4.74 Å². The number of para-hydroxylation sites is 1. The zero-order valence-corrected chi connectivity index (χ0v) is 14.9. The Kier molecular flexibility index (Phi) is 4.63. The highest BCUT2D eigenvalue weighted by atomic mass is 16.5. The Morgan fingerprint density at radius 2 is 2.00 bits per heavy atom. The molecule has 0 unspecified atom stereocenters. The smallest absolute Gasteiger partial charge is 0.272 e. The van der Waals surface area contributed by atoms with E-state index in [1.165, 1.54) is 0 Å². The quantitative estimate of drug-likeness (QED) is 0.747. The first-order valence-electron chi connectivity index (χ1n) is 9.00. The first-order chi connectivity index (χ1) is 12.7. The summed E-state index contributed by atoms with van der Waals surface area (Å²) in [7, 11) is 1.77. The number of benzene rings is 2. The highest BCUT2D eigenvalue weighted by Gasteiger charge is 2.19. The van der Waals surface area contributed by atoms with E-state index < -0.39 is 0 Å². The molecule has 0 spiro atoms. The largest absolute Gasteiger partial charge is 0.380 e. The van der Waals surface area contributed by atoms with E-state index >= 15 is 0 Å². The van der Waals surface area contributed by atoms with Crippen LogP contribution in [0.1, 0.15) is 23.3 Å². The fourth-order valence-corrected chi connectivity index (χ4v) is 3.51. The number of aromatic amines is 1. The molecule has 134 valence electrons. The van der Waals surface area contributed by atoms with Gasteiger partial charge in [-0.3, -0.25) is 4.79 Å². The monoisotopic (exact) mass is 349 g/mol. The summed E-state index contributed by atoms with van der Waals surface area (Å²) >= 11 is 0. The topological polar surface area (TPSA) is 57.4 Å². The van der Waals surface area contributed by atoms with Crippen molar-refractivity contribution in [3.05, 3.63) is 60.3 Å². The number of fused-ring (bicyclic) bond motifs is 1. The van der Waals surface area contributed by atoms with Gasteiger partial charge in [-0.2, -0.15) is 0 Å². The van der Waals surface area contributed by atoms with Crippen LogP contribution in [0.3, 0.4) is 0 Å². The summed E-state index contributed by atoms with van der Waals surface area (Å²) in [5, 5.41) is 3.99. The van der Waals surface area contributed by atoms with Gasteiger partial charge in [0.25, 0.3) is 5.91 Å². The third-order valence-corrected chi connectivity index (χ3v) is 4.98. The second-order valence-corrected chi connectivity index (χ2v) is 6.72. The maximum atomic E-state index is 12.5. The predicted octanol–water partition coefficient (Wildman–Crippen LogP) is 4.04. The number of amides is 1. The number of piperidine rings is 1. The molecule has 1 aliphatic heterocycles. The van der Waals surface area contributed by atoms with Crippen molar-refractivity contribution in [2.24, 2.45) is 0 Å². The highest BCUT2D eigenvalue weighted by molar-refractivity contribution is 6.05. The van der Waals surface area contributed by atoms with Crippen molar-refractivity contribution in [1.29, 1.82) is 0 Å². The molecule has 1 aromatic heterocycles. The summed E-state index contributed by atoms with van der Waals surface area (Å²) in [6.07, 6.45) is 2.55. The van der Waals surface area contributed by atoms with Crippen molar-refractivity contribution in [1.82, 2.24) is 4.98 Å². The Morgan fingerprint density at radius 3 is 2.77 bits per heavy atom. The lowest BCUT2D eigenvalue weighted by molar-refractivity contribution is 0.0893. The zero-order valence-electron chi connectivity index (χ0n) is 14.9. The standard InChI is InChI=1S/C21H23N3O2/c1-26-18-6-4-12-24(14-18)17-10-8-16(9-11-17)22-21(25)20-13-15-5-2-3-7-19(15)23-20/h2-3,5,7-11,13,18,23H,4,6,12,14H2,1H3,(H,22,25)/t18-/m1/s1. The first kappa shape index (κ1) is 16.7. The van der Waals surface area contributed by atoms with Gasteiger partial charge in [0.1, 0.15) is 5.69 Å². The molecule has 0 aliphatic carbocycles. The average molecular weight is 349 g/mol. The van der Waals surface area contributed by atoms with Crippen LogP contribution in [0.5, 0.6) is 0 Å². The molecule has 5 nitrogen and oxygen atoms in total. The lowest BCUT2D eigenvalue weighted by Gasteiger charge is -2.33. The van der Waals surface area contributed by atoms with Gasteiger partial charge in [0.15, 0.2) is 0 Å². The van der Waals surface area contributed by atoms with Gasteiger partial charge in [-0.1, -0.05) is 18.2 Å². The number of H-pyrrole nitrogens is 1. The maximum Gasteiger partial charge on any atom is 0.272 e. The molecule has 1 saturated heterocycles. The lowest BCUT2D eigenvalue weighted by atomic mass is 10.1. The number of hydrogen-bond acceptors (Lipinski definition) is 3. The number of hydrogen-bond donors (Lipinski definition) is 2. The van der Waals surface area contributed by atoms with E-state index in [2.05, 4.69) is 27.3 Å². The highest BCUT2D eigenvalue weighted by Crippen LogP contribution is 2.23. The van der Waals surface area contributed by atoms with Crippen LogP contribution in [-0.2, 0) is 4.74 Å². The number of anilines is 2. The zero-order chi connectivity index (χ0) is 17.9. The summed E-state index contributed by atoms with van der Waals surface area (Å²) in [6, 6.07) is 17.8. The van der Waals surface area contributed by atoms with Crippen molar-refractivity contribution >= 4 is 28.2 Å². The molecule has 1 atom stereocenters. The number of ether oxygens (including phenoxy) is 1. The van der Waals surface area contributed by atoms with Crippen molar-refractivity contribution in [3.8, 4) is 0 Å². The first-order valence-corrected chi connectivity index (χ1v) is 9.00. The number of methoxy groups -OCH3 is 1. The van der Waals surface area contributed by atoms with E-state index in [0.717, 1.165) is 48.2 Å². The maximum absolute atomic E-state index is 12.5. The molecule has 0 bridgehead atoms. The van der Waals surface area contributed by atoms with Crippen LogP contribution >= 0.6 is 0 Å². The van der Waals surface area contributed by atoms with Crippen LogP contribution in [0, 0.1) is 0 Å². The Balaban J connectivity index is 1.44. The van der Waals surface area contributed by atoms with Crippen molar-refractivity contribution < 1.29 is 9.53 Å². The Hall–Kier alpha value is -2.79. The van der Waals surface area contributed by atoms with Crippen LogP contribution < -0.4 is 10.2 Å². The normalized spacial score (nSPS) is 17.4. The summed E-state index contributed by atoms with van der Waals surface area (Å²) < 4.78 is 5.49. The van der Waals surface area contributed by atoms with Gasteiger partial charge in [-0.25, -0.2) is 0 Å². The molecule has 5 heteroatoms. The van der Waals surface area contributed by atoms with E-state index in [0.29, 0.717) is 11.8 Å². The van der Waals surface area contributed by atoms with Crippen LogP contribution in [0.4, 0.5) is 11.4 Å². The van der Waals surface area contributed by atoms with Gasteiger partial charge < -0.3 is 19.9 Å². The molecule has 2 heterocycles. The lowest BCUT2D eigenvalue weighted by Crippen LogP contribution is -2.39. The van der Waals surface area contributed by atoms with Crippen molar-refractivity contribution in [3.63, 3.8) is 0 Å². The fraction of sp³-hybridized carbons (Fsp3) is 0.286. The van der Waals surface area contributed by atoms with Crippen LogP contribution in [0.25, 0.3) is 10.9 Å². The Morgan fingerprint density at radius 1 is 1.19 bits per heavy atom. The van der Waals surface area contributed by atoms with Crippen LogP contribution in [0.2, 0.25) is 0 Å². The Labute approximate surface area is 153 Å². The number of aromatic nitrogens is 1. The summed E-state index contributed by atoms with van der Waals surface area (Å²) in [4.78, 5) is 18.0. The molecule has 0 saturated carbocycles. The Bertz CT molecular complexity index is 868. The van der Waals surface area contributed by atoms with Gasteiger partial charge in [0, 0.05) is 42.5 Å². The molecule has 0 radical (unpaired) electrons. The van der Waals surface area contributed by atoms with Gasteiger partial charge >= 0.3 is 0 Å². The second-order valence-electron chi connectivity index (χ2n) is 6.72. The minimum absolute atomic E-state index is 0.133. The number of carbonyl (C=O) groups is 1. The number of carbonyl (C=O) groups excluding carboxylic acids is 1. The van der Waals surface area contributed by atoms with Crippen molar-refractivity contribution in [2.75, 3.05) is 30.4 Å². The summed E-state index contributed by atoms with van der Waals surface area (Å²) in [5.41, 5.74) is 3.48. The molecule has 4 rings (SSSR count). The fourth-order valence-electron chi connectivity index (χ4n) is 3.51. The van der Waals surface area contributed by atoms with Gasteiger partial charge in [-0.05, 0) is 49.2 Å². The SMILES string of the molecule is CO[C@@H]1CCCN(c2ccc(NC(=O)c3cc4ccccc4[nH]3)cc2)C1. The molecule has 2 aromatic carbocycles. The van der Waals surface area contributed by atoms with Crippen LogP contribution in [0.15, 0.2) is 54.6 Å². The molecule has 1 amide bonds. The summed E-state index contributed by atoms with van der Waals surface area (Å²) in [5.74, 6) is -0.133. The molecular weight excluding hydrogens is 326 g/mol. The minimum atomic E-state index is -0.133. The second kappa shape index (κ2) is 7.22. The van der Waals surface area contributed by atoms with E-state index in [1.807, 2.05) is 42.5 Å². The number of rotatable bonds is 4.